The second kappa shape index (κ2) is 11.0. The molecule has 1 aliphatic heterocycles. The van der Waals surface area contributed by atoms with Crippen LogP contribution in [0, 0.1) is 11.8 Å². The Morgan fingerprint density at radius 1 is 0.462 bits per heavy atom. The maximum Gasteiger partial charge on any atom is 0.157 e. The van der Waals surface area contributed by atoms with Crippen molar-refractivity contribution in [2.75, 3.05) is 0 Å². The van der Waals surface area contributed by atoms with Gasteiger partial charge in [0.05, 0.1) is 28.0 Å². The van der Waals surface area contributed by atoms with E-state index in [4.69, 9.17) is 9.98 Å². The SMILES string of the molecule is CC1C2C(n3c4ccccc4c4cc(-c5ccc6c(c5)c5ccccc5n6-c5ccccc5)ccc43)=NC(c3ccccc3)=NC12c1ccccc1. The minimum Gasteiger partial charge on any atom is -0.309 e. The van der Waals surface area contributed by atoms with E-state index in [2.05, 4.69) is 192 Å². The summed E-state index contributed by atoms with van der Waals surface area (Å²) >= 11 is 0. The minimum atomic E-state index is -0.352. The molecule has 9 aromatic rings. The molecule has 1 aliphatic carbocycles. The van der Waals surface area contributed by atoms with Crippen molar-refractivity contribution in [2.45, 2.75) is 12.5 Å². The van der Waals surface area contributed by atoms with E-state index in [0.29, 0.717) is 5.92 Å². The number of nitrogens with zero attached hydrogens (tertiary/aromatic N) is 4. The molecule has 246 valence electrons. The molecule has 0 bridgehead atoms. The van der Waals surface area contributed by atoms with Crippen molar-refractivity contribution in [3.8, 4) is 16.8 Å². The Morgan fingerprint density at radius 2 is 0.962 bits per heavy atom. The van der Waals surface area contributed by atoms with Gasteiger partial charge in [-0.25, -0.2) is 4.99 Å². The largest absolute Gasteiger partial charge is 0.309 e. The highest BCUT2D eigenvalue weighted by Gasteiger charge is 2.68. The van der Waals surface area contributed by atoms with Gasteiger partial charge in [-0.2, -0.15) is 0 Å². The fourth-order valence-electron chi connectivity index (χ4n) is 9.04. The Kier molecular flexibility index (Phi) is 6.18. The van der Waals surface area contributed by atoms with Crippen LogP contribution in [0.5, 0.6) is 0 Å². The van der Waals surface area contributed by atoms with Crippen molar-refractivity contribution in [3.63, 3.8) is 0 Å². The topological polar surface area (TPSA) is 34.6 Å². The van der Waals surface area contributed by atoms with Crippen LogP contribution in [0.1, 0.15) is 18.1 Å². The van der Waals surface area contributed by atoms with Crippen molar-refractivity contribution in [1.29, 1.82) is 0 Å². The van der Waals surface area contributed by atoms with Crippen LogP contribution in [0.25, 0.3) is 60.4 Å². The molecule has 0 N–H and O–H groups in total. The van der Waals surface area contributed by atoms with Gasteiger partial charge in [-0.05, 0) is 71.1 Å². The first kappa shape index (κ1) is 29.2. The van der Waals surface area contributed by atoms with Gasteiger partial charge in [0.1, 0.15) is 11.4 Å². The van der Waals surface area contributed by atoms with Crippen molar-refractivity contribution >= 4 is 55.3 Å². The van der Waals surface area contributed by atoms with E-state index >= 15 is 0 Å². The molecule has 52 heavy (non-hydrogen) atoms. The maximum atomic E-state index is 5.46. The summed E-state index contributed by atoms with van der Waals surface area (Å²) in [5, 5.41) is 4.97. The molecule has 4 nitrogen and oxygen atoms in total. The van der Waals surface area contributed by atoms with Crippen LogP contribution in [0.2, 0.25) is 0 Å². The number of amidine groups is 1. The zero-order valence-corrected chi connectivity index (χ0v) is 28.7. The number of rotatable bonds is 4. The van der Waals surface area contributed by atoms with Gasteiger partial charge in [-0.3, -0.25) is 9.56 Å². The van der Waals surface area contributed by atoms with Crippen molar-refractivity contribution in [3.05, 3.63) is 187 Å². The lowest BCUT2D eigenvalue weighted by Gasteiger charge is -2.22. The third-order valence-electron chi connectivity index (χ3n) is 11.5. The molecule has 2 aromatic heterocycles. The highest BCUT2D eigenvalue weighted by molar-refractivity contribution is 6.20. The van der Waals surface area contributed by atoms with Gasteiger partial charge < -0.3 is 4.57 Å². The molecule has 1 saturated carbocycles. The minimum absolute atomic E-state index is 0.158. The second-order valence-electron chi connectivity index (χ2n) is 14.2. The summed E-state index contributed by atoms with van der Waals surface area (Å²) in [5.74, 6) is 2.32. The lowest BCUT2D eigenvalue weighted by molar-refractivity contribution is 0.653. The van der Waals surface area contributed by atoms with Crippen LogP contribution < -0.4 is 0 Å². The van der Waals surface area contributed by atoms with Crippen molar-refractivity contribution in [2.24, 2.45) is 21.8 Å². The predicted molar refractivity (Wildman–Crippen MR) is 216 cm³/mol. The number of para-hydroxylation sites is 3. The van der Waals surface area contributed by atoms with Gasteiger partial charge in [-0.15, -0.1) is 0 Å². The van der Waals surface area contributed by atoms with E-state index in [1.807, 2.05) is 0 Å². The molecule has 1 fully saturated rings. The van der Waals surface area contributed by atoms with E-state index in [9.17, 15) is 0 Å². The number of benzene rings is 7. The Balaban J connectivity index is 1.10. The fraction of sp³-hybridized carbons (Fsp3) is 0.0833. The number of hydrogen-bond donors (Lipinski definition) is 0. The monoisotopic (exact) mass is 666 g/mol. The van der Waals surface area contributed by atoms with Crippen LogP contribution in [-0.2, 0) is 5.54 Å². The van der Waals surface area contributed by atoms with E-state index in [1.54, 1.807) is 0 Å². The Labute approximate surface area is 301 Å². The van der Waals surface area contributed by atoms with Crippen LogP contribution in [0.3, 0.4) is 0 Å². The van der Waals surface area contributed by atoms with Gasteiger partial charge in [0.25, 0.3) is 0 Å². The molecule has 0 radical (unpaired) electrons. The normalized spacial score (nSPS) is 19.6. The average Bonchev–Trinajstić information content (AvgIpc) is 3.51. The van der Waals surface area contributed by atoms with E-state index < -0.39 is 0 Å². The van der Waals surface area contributed by atoms with E-state index in [0.717, 1.165) is 17.2 Å². The summed E-state index contributed by atoms with van der Waals surface area (Å²) in [6, 6.07) is 63.3. The quantitative estimate of drug-likeness (QED) is 0.179. The smallest absolute Gasteiger partial charge is 0.157 e. The number of aliphatic imine (C=N–C) groups is 2. The zero-order valence-electron chi connectivity index (χ0n) is 28.7. The molecule has 3 unspecified atom stereocenters. The molecule has 0 amide bonds. The van der Waals surface area contributed by atoms with Gasteiger partial charge in [0, 0.05) is 32.8 Å². The molecular formula is C48H34N4. The summed E-state index contributed by atoms with van der Waals surface area (Å²) in [7, 11) is 0. The van der Waals surface area contributed by atoms with Gasteiger partial charge in [0.15, 0.2) is 5.84 Å². The molecule has 0 saturated heterocycles. The molecule has 2 aliphatic rings. The van der Waals surface area contributed by atoms with Gasteiger partial charge in [0.2, 0.25) is 0 Å². The number of fused-ring (bicyclic) bond motifs is 7. The van der Waals surface area contributed by atoms with E-state index in [-0.39, 0.29) is 11.5 Å². The third kappa shape index (κ3) is 4.09. The average molecular weight is 667 g/mol. The van der Waals surface area contributed by atoms with Crippen LogP contribution in [0.4, 0.5) is 0 Å². The Hall–Kier alpha value is -6.52. The molecule has 0 spiro atoms. The van der Waals surface area contributed by atoms with E-state index in [1.165, 1.54) is 66.0 Å². The molecule has 11 rings (SSSR count). The molecule has 3 heterocycles. The molecular weight excluding hydrogens is 633 g/mol. The van der Waals surface area contributed by atoms with Crippen LogP contribution >= 0.6 is 0 Å². The third-order valence-corrected chi connectivity index (χ3v) is 11.5. The van der Waals surface area contributed by atoms with Crippen LogP contribution in [0.15, 0.2) is 186 Å². The Morgan fingerprint density at radius 3 is 1.60 bits per heavy atom. The molecule has 3 atom stereocenters. The molecule has 7 aromatic carbocycles. The highest BCUT2D eigenvalue weighted by atomic mass is 15.2. The maximum absolute atomic E-state index is 5.46. The number of aromatic nitrogens is 2. The number of hydrogen-bond acceptors (Lipinski definition) is 2. The van der Waals surface area contributed by atoms with Gasteiger partial charge in [-0.1, -0.05) is 134 Å². The summed E-state index contributed by atoms with van der Waals surface area (Å²) < 4.78 is 4.80. The summed E-state index contributed by atoms with van der Waals surface area (Å²) in [6.07, 6.45) is 0. The lowest BCUT2D eigenvalue weighted by Crippen LogP contribution is -2.26. The summed E-state index contributed by atoms with van der Waals surface area (Å²) in [6.45, 7) is 2.33. The lowest BCUT2D eigenvalue weighted by atomic mass is 9.99. The van der Waals surface area contributed by atoms with Gasteiger partial charge >= 0.3 is 0 Å². The standard InChI is InChI=1S/C48H34N4/c1-31-45-47(49-46(32-15-5-2-6-16-32)50-48(31,45)35-17-7-3-8-18-35)52-42-24-14-12-22-38(42)40-30-34(26-28-44(40)52)33-25-27-43-39(29-33)37-21-11-13-23-41(37)51(43)36-19-9-4-10-20-36/h2-31,45H,1H3. The Bertz CT molecular complexity index is 2910. The summed E-state index contributed by atoms with van der Waals surface area (Å²) in [4.78, 5) is 10.9. The van der Waals surface area contributed by atoms with Crippen molar-refractivity contribution < 1.29 is 0 Å². The zero-order chi connectivity index (χ0) is 34.4. The predicted octanol–water partition coefficient (Wildman–Crippen LogP) is 11.4. The highest BCUT2D eigenvalue weighted by Crippen LogP contribution is 2.63. The first-order valence-electron chi connectivity index (χ1n) is 18.1. The molecule has 4 heteroatoms. The van der Waals surface area contributed by atoms with Crippen LogP contribution in [-0.4, -0.2) is 20.8 Å². The first-order chi connectivity index (χ1) is 25.7. The fourth-order valence-corrected chi connectivity index (χ4v) is 9.04. The first-order valence-corrected chi connectivity index (χ1v) is 18.1. The van der Waals surface area contributed by atoms with Crippen molar-refractivity contribution in [1.82, 2.24) is 9.13 Å². The second-order valence-corrected chi connectivity index (χ2v) is 14.2. The summed E-state index contributed by atoms with van der Waals surface area (Å²) in [5.41, 5.74) is 10.3.